The van der Waals surface area contributed by atoms with Gasteiger partial charge in [-0.15, -0.1) is 0 Å². The van der Waals surface area contributed by atoms with Crippen LogP contribution in [0.5, 0.6) is 0 Å². The van der Waals surface area contributed by atoms with Gasteiger partial charge in [-0.05, 0) is 19.3 Å². The summed E-state index contributed by atoms with van der Waals surface area (Å²) in [5.41, 5.74) is -0.258. The standard InChI is InChI=1S/C14H27NO2/c1-13(2)11(9-12(13)17-3)15-10-14(16)7-5-4-6-8-14/h11-12,15-16H,4-10H2,1-3H3. The van der Waals surface area contributed by atoms with E-state index in [1.54, 1.807) is 7.11 Å². The molecule has 0 saturated heterocycles. The third-order valence-corrected chi connectivity index (χ3v) is 4.92. The van der Waals surface area contributed by atoms with E-state index in [1.165, 1.54) is 19.3 Å². The van der Waals surface area contributed by atoms with E-state index < -0.39 is 5.60 Å². The Morgan fingerprint density at radius 2 is 1.88 bits per heavy atom. The first-order valence-corrected chi connectivity index (χ1v) is 6.96. The zero-order chi connectivity index (χ0) is 12.5. The molecule has 0 spiro atoms. The molecule has 0 bridgehead atoms. The van der Waals surface area contributed by atoms with Crippen molar-refractivity contribution in [1.29, 1.82) is 0 Å². The van der Waals surface area contributed by atoms with Gasteiger partial charge in [-0.1, -0.05) is 33.1 Å². The molecule has 3 nitrogen and oxygen atoms in total. The summed E-state index contributed by atoms with van der Waals surface area (Å²) in [6.45, 7) is 5.23. The average molecular weight is 241 g/mol. The number of aliphatic hydroxyl groups is 1. The molecule has 0 heterocycles. The van der Waals surface area contributed by atoms with Gasteiger partial charge in [0, 0.05) is 25.1 Å². The first kappa shape index (κ1) is 13.3. The Bertz CT molecular complexity index is 259. The summed E-state index contributed by atoms with van der Waals surface area (Å²) < 4.78 is 5.45. The Balaban J connectivity index is 1.79. The smallest absolute Gasteiger partial charge is 0.0771 e. The zero-order valence-electron chi connectivity index (χ0n) is 11.5. The van der Waals surface area contributed by atoms with Gasteiger partial charge in [-0.2, -0.15) is 0 Å². The molecule has 2 fully saturated rings. The van der Waals surface area contributed by atoms with Gasteiger partial charge >= 0.3 is 0 Å². The largest absolute Gasteiger partial charge is 0.389 e. The van der Waals surface area contributed by atoms with Crippen molar-refractivity contribution < 1.29 is 9.84 Å². The Morgan fingerprint density at radius 3 is 2.41 bits per heavy atom. The molecular weight excluding hydrogens is 214 g/mol. The topological polar surface area (TPSA) is 41.5 Å². The highest BCUT2D eigenvalue weighted by Crippen LogP contribution is 2.42. The van der Waals surface area contributed by atoms with Crippen molar-refractivity contribution in [2.45, 2.75) is 70.1 Å². The molecule has 2 aliphatic carbocycles. The van der Waals surface area contributed by atoms with Gasteiger partial charge in [-0.3, -0.25) is 0 Å². The molecular formula is C14H27NO2. The summed E-state index contributed by atoms with van der Waals surface area (Å²) in [6.07, 6.45) is 6.98. The van der Waals surface area contributed by atoms with E-state index in [2.05, 4.69) is 19.2 Å². The second-order valence-electron chi connectivity index (χ2n) is 6.50. The number of nitrogens with one attached hydrogen (secondary N) is 1. The molecule has 2 aliphatic rings. The van der Waals surface area contributed by atoms with Crippen LogP contribution in [0.2, 0.25) is 0 Å². The van der Waals surface area contributed by atoms with Crippen LogP contribution in [0, 0.1) is 5.41 Å². The van der Waals surface area contributed by atoms with Crippen LogP contribution in [-0.2, 0) is 4.74 Å². The number of ether oxygens (including phenoxy) is 1. The molecule has 0 aliphatic heterocycles. The fraction of sp³-hybridized carbons (Fsp3) is 1.00. The van der Waals surface area contributed by atoms with Crippen LogP contribution in [0.1, 0.15) is 52.4 Å². The van der Waals surface area contributed by atoms with Crippen LogP contribution in [0.25, 0.3) is 0 Å². The van der Waals surface area contributed by atoms with E-state index in [0.29, 0.717) is 12.1 Å². The molecule has 2 saturated carbocycles. The van der Waals surface area contributed by atoms with Gasteiger partial charge < -0.3 is 15.2 Å². The summed E-state index contributed by atoms with van der Waals surface area (Å²) in [7, 11) is 1.79. The van der Waals surface area contributed by atoms with Gasteiger partial charge in [0.15, 0.2) is 0 Å². The maximum atomic E-state index is 10.4. The lowest BCUT2D eigenvalue weighted by atomic mass is 9.64. The van der Waals surface area contributed by atoms with Crippen LogP contribution >= 0.6 is 0 Å². The molecule has 100 valence electrons. The van der Waals surface area contributed by atoms with Crippen LogP contribution < -0.4 is 5.32 Å². The number of hydrogen-bond donors (Lipinski definition) is 2. The van der Waals surface area contributed by atoms with Gasteiger partial charge in [0.2, 0.25) is 0 Å². The molecule has 2 N–H and O–H groups in total. The van der Waals surface area contributed by atoms with Crippen molar-refractivity contribution in [2.75, 3.05) is 13.7 Å². The first-order chi connectivity index (χ1) is 7.98. The van der Waals surface area contributed by atoms with Gasteiger partial charge in [0.05, 0.1) is 11.7 Å². The number of rotatable bonds is 4. The van der Waals surface area contributed by atoms with E-state index in [1.807, 2.05) is 0 Å². The Morgan fingerprint density at radius 1 is 1.24 bits per heavy atom. The highest BCUT2D eigenvalue weighted by molar-refractivity contribution is 5.03. The molecule has 2 atom stereocenters. The number of methoxy groups -OCH3 is 1. The third-order valence-electron chi connectivity index (χ3n) is 4.92. The quantitative estimate of drug-likeness (QED) is 0.792. The minimum absolute atomic E-state index is 0.194. The molecule has 0 amide bonds. The van der Waals surface area contributed by atoms with Crippen molar-refractivity contribution in [3.63, 3.8) is 0 Å². The maximum absolute atomic E-state index is 10.4. The van der Waals surface area contributed by atoms with Crippen molar-refractivity contribution in [1.82, 2.24) is 5.32 Å². The summed E-state index contributed by atoms with van der Waals surface area (Å²) in [6, 6.07) is 0.485. The molecule has 0 aromatic rings. The minimum Gasteiger partial charge on any atom is -0.389 e. The predicted molar refractivity (Wildman–Crippen MR) is 69.0 cm³/mol. The average Bonchev–Trinajstić information content (AvgIpc) is 2.28. The van der Waals surface area contributed by atoms with Crippen molar-refractivity contribution in [3.8, 4) is 0 Å². The van der Waals surface area contributed by atoms with E-state index in [0.717, 1.165) is 25.8 Å². The minimum atomic E-state index is -0.452. The van der Waals surface area contributed by atoms with Crippen molar-refractivity contribution >= 4 is 0 Å². The summed E-state index contributed by atoms with van der Waals surface area (Å²) in [5.74, 6) is 0. The lowest BCUT2D eigenvalue weighted by Crippen LogP contribution is -2.62. The van der Waals surface area contributed by atoms with E-state index in [-0.39, 0.29) is 5.41 Å². The van der Waals surface area contributed by atoms with Gasteiger partial charge in [-0.25, -0.2) is 0 Å². The Kier molecular flexibility index (Phi) is 3.81. The van der Waals surface area contributed by atoms with Crippen LogP contribution in [-0.4, -0.2) is 36.5 Å². The second kappa shape index (κ2) is 4.87. The highest BCUT2D eigenvalue weighted by atomic mass is 16.5. The normalized spacial score (nSPS) is 35.3. The first-order valence-electron chi connectivity index (χ1n) is 6.96. The van der Waals surface area contributed by atoms with E-state index >= 15 is 0 Å². The molecule has 3 heteroatoms. The predicted octanol–water partition coefficient (Wildman–Crippen LogP) is 2.08. The lowest BCUT2D eigenvalue weighted by Gasteiger charge is -2.52. The van der Waals surface area contributed by atoms with Gasteiger partial charge in [0.1, 0.15) is 0 Å². The second-order valence-corrected chi connectivity index (χ2v) is 6.50. The fourth-order valence-electron chi connectivity index (χ4n) is 3.33. The summed E-state index contributed by atoms with van der Waals surface area (Å²) in [5, 5.41) is 14.0. The van der Waals surface area contributed by atoms with Crippen LogP contribution in [0.4, 0.5) is 0 Å². The third kappa shape index (κ3) is 2.67. The molecule has 0 radical (unpaired) electrons. The van der Waals surface area contributed by atoms with Crippen LogP contribution in [0.15, 0.2) is 0 Å². The summed E-state index contributed by atoms with van der Waals surface area (Å²) >= 11 is 0. The Labute approximate surface area is 105 Å². The maximum Gasteiger partial charge on any atom is 0.0771 e. The Hall–Kier alpha value is -0.120. The number of hydrogen-bond acceptors (Lipinski definition) is 3. The molecule has 2 rings (SSSR count). The van der Waals surface area contributed by atoms with E-state index in [9.17, 15) is 5.11 Å². The highest BCUT2D eigenvalue weighted by Gasteiger charge is 2.48. The molecule has 2 unspecified atom stereocenters. The monoisotopic (exact) mass is 241 g/mol. The molecule has 17 heavy (non-hydrogen) atoms. The molecule has 0 aromatic heterocycles. The fourth-order valence-corrected chi connectivity index (χ4v) is 3.33. The van der Waals surface area contributed by atoms with E-state index in [4.69, 9.17) is 4.74 Å². The molecule has 0 aromatic carbocycles. The summed E-state index contributed by atoms with van der Waals surface area (Å²) in [4.78, 5) is 0. The van der Waals surface area contributed by atoms with Crippen molar-refractivity contribution in [2.24, 2.45) is 5.41 Å². The zero-order valence-corrected chi connectivity index (χ0v) is 11.5. The van der Waals surface area contributed by atoms with Crippen molar-refractivity contribution in [3.05, 3.63) is 0 Å². The van der Waals surface area contributed by atoms with Gasteiger partial charge in [0.25, 0.3) is 0 Å². The SMILES string of the molecule is COC1CC(NCC2(O)CCCCC2)C1(C)C. The van der Waals surface area contributed by atoms with Crippen LogP contribution in [0.3, 0.4) is 0 Å². The lowest BCUT2D eigenvalue weighted by molar-refractivity contribution is -0.104.